The number of halogens is 1. The van der Waals surface area contributed by atoms with Crippen molar-refractivity contribution in [2.24, 2.45) is 0 Å². The van der Waals surface area contributed by atoms with Crippen molar-refractivity contribution >= 4 is 21.6 Å². The van der Waals surface area contributed by atoms with Gasteiger partial charge in [0.1, 0.15) is 0 Å². The summed E-state index contributed by atoms with van der Waals surface area (Å²) in [6.45, 7) is 0.671. The molecule has 0 radical (unpaired) electrons. The van der Waals surface area contributed by atoms with E-state index in [0.29, 0.717) is 23.7 Å². The molecule has 0 bridgehead atoms. The second-order valence-electron chi connectivity index (χ2n) is 4.24. The number of aromatic nitrogens is 2. The standard InChI is InChI=1S/C14H12BrN3O/c15-11-4-1-3-10(7-11)8-18-9-12(16)14(17-18)13-5-2-6-19-13/h1-7,9H,8,16H2. The van der Waals surface area contributed by atoms with Gasteiger partial charge in [-0.1, -0.05) is 28.1 Å². The largest absolute Gasteiger partial charge is 0.463 e. The number of hydrogen-bond donors (Lipinski definition) is 1. The van der Waals surface area contributed by atoms with Crippen LogP contribution in [-0.2, 0) is 6.54 Å². The Hall–Kier alpha value is -2.01. The lowest BCUT2D eigenvalue weighted by molar-refractivity contribution is 0.576. The highest BCUT2D eigenvalue weighted by molar-refractivity contribution is 9.10. The van der Waals surface area contributed by atoms with E-state index >= 15 is 0 Å². The van der Waals surface area contributed by atoms with Gasteiger partial charge < -0.3 is 10.2 Å². The van der Waals surface area contributed by atoms with Crippen LogP contribution in [0.15, 0.2) is 57.7 Å². The summed E-state index contributed by atoms with van der Waals surface area (Å²) < 4.78 is 8.19. The minimum Gasteiger partial charge on any atom is -0.463 e. The van der Waals surface area contributed by atoms with Crippen LogP contribution in [0.2, 0.25) is 0 Å². The van der Waals surface area contributed by atoms with E-state index in [2.05, 4.69) is 33.2 Å². The van der Waals surface area contributed by atoms with Gasteiger partial charge in [0.05, 0.1) is 18.5 Å². The predicted molar refractivity (Wildman–Crippen MR) is 77.6 cm³/mol. The molecular weight excluding hydrogens is 306 g/mol. The zero-order chi connectivity index (χ0) is 13.2. The predicted octanol–water partition coefficient (Wildman–Crippen LogP) is 3.54. The summed E-state index contributed by atoms with van der Waals surface area (Å²) in [4.78, 5) is 0. The molecule has 3 rings (SSSR count). The van der Waals surface area contributed by atoms with Gasteiger partial charge in [-0.3, -0.25) is 4.68 Å². The van der Waals surface area contributed by atoms with Crippen molar-refractivity contribution < 1.29 is 4.42 Å². The maximum Gasteiger partial charge on any atom is 0.156 e. The third-order valence-electron chi connectivity index (χ3n) is 2.78. The Balaban J connectivity index is 1.89. The molecule has 0 unspecified atom stereocenters. The lowest BCUT2D eigenvalue weighted by Crippen LogP contribution is -2.00. The molecule has 0 fully saturated rings. The van der Waals surface area contributed by atoms with Crippen molar-refractivity contribution in [2.75, 3.05) is 5.73 Å². The van der Waals surface area contributed by atoms with Gasteiger partial charge in [-0.2, -0.15) is 5.10 Å². The average molecular weight is 318 g/mol. The Kier molecular flexibility index (Phi) is 3.13. The maximum absolute atomic E-state index is 5.96. The molecule has 0 aliphatic heterocycles. The highest BCUT2D eigenvalue weighted by Gasteiger charge is 2.11. The molecule has 2 aromatic heterocycles. The Morgan fingerprint density at radius 3 is 2.89 bits per heavy atom. The summed E-state index contributed by atoms with van der Waals surface area (Å²) in [6.07, 6.45) is 3.43. The van der Waals surface area contributed by atoms with E-state index in [1.165, 1.54) is 0 Å². The molecule has 0 aliphatic rings. The quantitative estimate of drug-likeness (QED) is 0.803. The molecule has 0 spiro atoms. The number of furan rings is 1. The zero-order valence-electron chi connectivity index (χ0n) is 10.1. The van der Waals surface area contributed by atoms with Gasteiger partial charge in [0, 0.05) is 10.7 Å². The van der Waals surface area contributed by atoms with Gasteiger partial charge in [-0.15, -0.1) is 0 Å². The lowest BCUT2D eigenvalue weighted by Gasteiger charge is -2.02. The van der Waals surface area contributed by atoms with Crippen LogP contribution >= 0.6 is 15.9 Å². The number of rotatable bonds is 3. The second-order valence-corrected chi connectivity index (χ2v) is 5.15. The van der Waals surface area contributed by atoms with Crippen LogP contribution in [0.25, 0.3) is 11.5 Å². The lowest BCUT2D eigenvalue weighted by atomic mass is 10.2. The van der Waals surface area contributed by atoms with Crippen LogP contribution in [0.5, 0.6) is 0 Å². The SMILES string of the molecule is Nc1cn(Cc2cccc(Br)c2)nc1-c1ccco1. The summed E-state index contributed by atoms with van der Waals surface area (Å²) in [5.74, 6) is 0.686. The molecule has 0 saturated heterocycles. The minimum absolute atomic E-state index is 0.616. The first-order chi connectivity index (χ1) is 9.22. The van der Waals surface area contributed by atoms with Crippen molar-refractivity contribution in [1.82, 2.24) is 9.78 Å². The first-order valence-electron chi connectivity index (χ1n) is 5.83. The van der Waals surface area contributed by atoms with Crippen LogP contribution < -0.4 is 5.73 Å². The minimum atomic E-state index is 0.616. The van der Waals surface area contributed by atoms with Crippen molar-refractivity contribution in [3.63, 3.8) is 0 Å². The van der Waals surface area contributed by atoms with E-state index in [0.717, 1.165) is 10.0 Å². The Bertz CT molecular complexity index is 689. The summed E-state index contributed by atoms with van der Waals surface area (Å²) in [5, 5.41) is 4.46. The molecule has 2 heterocycles. The van der Waals surface area contributed by atoms with Crippen molar-refractivity contribution in [3.05, 3.63) is 58.9 Å². The summed E-state index contributed by atoms with van der Waals surface area (Å²) in [6, 6.07) is 11.8. The average Bonchev–Trinajstić information content (AvgIpc) is 2.98. The van der Waals surface area contributed by atoms with E-state index in [1.807, 2.05) is 35.1 Å². The highest BCUT2D eigenvalue weighted by Crippen LogP contribution is 2.24. The van der Waals surface area contributed by atoms with Crippen molar-refractivity contribution in [1.29, 1.82) is 0 Å². The van der Waals surface area contributed by atoms with E-state index in [1.54, 1.807) is 6.26 Å². The van der Waals surface area contributed by atoms with E-state index in [4.69, 9.17) is 10.2 Å². The van der Waals surface area contributed by atoms with E-state index in [-0.39, 0.29) is 0 Å². The summed E-state index contributed by atoms with van der Waals surface area (Å²) in [7, 11) is 0. The molecule has 4 nitrogen and oxygen atoms in total. The number of nitrogen functional groups attached to an aromatic ring is 1. The second kappa shape index (κ2) is 4.93. The Morgan fingerprint density at radius 2 is 2.16 bits per heavy atom. The van der Waals surface area contributed by atoms with Gasteiger partial charge in [0.2, 0.25) is 0 Å². The normalized spacial score (nSPS) is 10.8. The molecule has 1 aromatic carbocycles. The number of nitrogens with zero attached hydrogens (tertiary/aromatic N) is 2. The van der Waals surface area contributed by atoms with E-state index < -0.39 is 0 Å². The van der Waals surface area contributed by atoms with Gasteiger partial charge in [0.15, 0.2) is 11.5 Å². The molecule has 0 saturated carbocycles. The van der Waals surface area contributed by atoms with Gasteiger partial charge in [-0.05, 0) is 29.8 Å². The van der Waals surface area contributed by atoms with Crippen LogP contribution in [0.1, 0.15) is 5.56 Å². The molecule has 0 amide bonds. The van der Waals surface area contributed by atoms with E-state index in [9.17, 15) is 0 Å². The van der Waals surface area contributed by atoms with Crippen LogP contribution in [0.3, 0.4) is 0 Å². The third-order valence-corrected chi connectivity index (χ3v) is 3.27. The molecule has 0 atom stereocenters. The van der Waals surface area contributed by atoms with Crippen molar-refractivity contribution in [2.45, 2.75) is 6.54 Å². The topological polar surface area (TPSA) is 57.0 Å². The molecule has 0 aliphatic carbocycles. The zero-order valence-corrected chi connectivity index (χ0v) is 11.7. The first kappa shape index (κ1) is 12.0. The smallest absolute Gasteiger partial charge is 0.156 e. The number of benzene rings is 1. The highest BCUT2D eigenvalue weighted by atomic mass is 79.9. The summed E-state index contributed by atoms with van der Waals surface area (Å²) >= 11 is 3.46. The maximum atomic E-state index is 5.96. The molecule has 96 valence electrons. The van der Waals surface area contributed by atoms with Gasteiger partial charge in [0.25, 0.3) is 0 Å². The van der Waals surface area contributed by atoms with Crippen LogP contribution in [0, 0.1) is 0 Å². The fourth-order valence-corrected chi connectivity index (χ4v) is 2.39. The Labute approximate surface area is 119 Å². The first-order valence-corrected chi connectivity index (χ1v) is 6.63. The monoisotopic (exact) mass is 317 g/mol. The van der Waals surface area contributed by atoms with Crippen molar-refractivity contribution in [3.8, 4) is 11.5 Å². The Morgan fingerprint density at radius 1 is 1.26 bits per heavy atom. The molecule has 19 heavy (non-hydrogen) atoms. The fourth-order valence-electron chi connectivity index (χ4n) is 1.94. The molecule has 3 aromatic rings. The third kappa shape index (κ3) is 2.56. The van der Waals surface area contributed by atoms with Crippen LogP contribution in [-0.4, -0.2) is 9.78 Å². The van der Waals surface area contributed by atoms with Gasteiger partial charge >= 0.3 is 0 Å². The number of hydrogen-bond acceptors (Lipinski definition) is 3. The number of nitrogens with two attached hydrogens (primary N) is 1. The van der Waals surface area contributed by atoms with Crippen LogP contribution in [0.4, 0.5) is 5.69 Å². The molecular formula is C14H12BrN3O. The molecule has 2 N–H and O–H groups in total. The molecule has 5 heteroatoms. The summed E-state index contributed by atoms with van der Waals surface area (Å²) in [5.41, 5.74) is 8.42. The fraction of sp³-hybridized carbons (Fsp3) is 0.0714. The number of anilines is 1. The van der Waals surface area contributed by atoms with Gasteiger partial charge in [-0.25, -0.2) is 0 Å².